The predicted molar refractivity (Wildman–Crippen MR) is 79.9 cm³/mol. The van der Waals surface area contributed by atoms with Gasteiger partial charge >= 0.3 is 0 Å². The molecule has 1 N–H and O–H groups in total. The number of thiazole rings is 1. The number of likely N-dealkylation sites (N-methyl/N-ethyl adjacent to an activating group) is 1. The van der Waals surface area contributed by atoms with Crippen molar-refractivity contribution >= 4 is 23.2 Å². The summed E-state index contributed by atoms with van der Waals surface area (Å²) in [6, 6.07) is 5.30. The highest BCUT2D eigenvalue weighted by Gasteiger charge is 2.39. The van der Waals surface area contributed by atoms with Crippen LogP contribution >= 0.6 is 11.3 Å². The van der Waals surface area contributed by atoms with Crippen molar-refractivity contribution in [1.82, 2.24) is 15.2 Å². The van der Waals surface area contributed by atoms with Gasteiger partial charge in [0.1, 0.15) is 11.5 Å². The number of halogens is 1. The molecule has 1 aliphatic heterocycles. The average Bonchev–Trinajstić information content (AvgIpc) is 3.11. The number of nitrogens with one attached hydrogen (secondary N) is 1. The van der Waals surface area contributed by atoms with E-state index in [0.29, 0.717) is 5.69 Å². The Labute approximate surface area is 130 Å². The molecule has 114 valence electrons. The summed E-state index contributed by atoms with van der Waals surface area (Å²) in [6.07, 6.45) is 0.217. The van der Waals surface area contributed by atoms with E-state index in [2.05, 4.69) is 10.3 Å². The Morgan fingerprint density at radius 2 is 2.14 bits per heavy atom. The minimum atomic E-state index is -0.364. The average molecular weight is 319 g/mol. The van der Waals surface area contributed by atoms with Crippen LogP contribution in [0.3, 0.4) is 0 Å². The third kappa shape index (κ3) is 2.71. The quantitative estimate of drug-likeness (QED) is 0.941. The largest absolute Gasteiger partial charge is 0.345 e. The molecule has 0 unspecified atom stereocenters. The molecule has 1 fully saturated rings. The molecule has 22 heavy (non-hydrogen) atoms. The molecule has 1 aromatic carbocycles. The van der Waals surface area contributed by atoms with Crippen molar-refractivity contribution < 1.29 is 14.0 Å². The van der Waals surface area contributed by atoms with Gasteiger partial charge in [0, 0.05) is 18.8 Å². The molecule has 2 atom stereocenters. The Balaban J connectivity index is 1.83. The van der Waals surface area contributed by atoms with Gasteiger partial charge in [0.05, 0.1) is 17.6 Å². The van der Waals surface area contributed by atoms with Gasteiger partial charge in [-0.25, -0.2) is 9.37 Å². The standard InChI is InChI=1S/C15H14FN3O2S/c1-19-13(20)6-11(18-15(21)12-7-22-8-17-12)14(19)9-2-4-10(16)5-3-9/h2-5,7-8,11,14H,6H2,1H3,(H,18,21)/t11-,14+/m0/s1. The van der Waals surface area contributed by atoms with Crippen LogP contribution in [-0.2, 0) is 4.79 Å². The van der Waals surface area contributed by atoms with Crippen LogP contribution in [0.1, 0.15) is 28.5 Å². The third-order valence-electron chi connectivity index (χ3n) is 3.78. The smallest absolute Gasteiger partial charge is 0.271 e. The Morgan fingerprint density at radius 3 is 2.77 bits per heavy atom. The third-order valence-corrected chi connectivity index (χ3v) is 4.37. The summed E-state index contributed by atoms with van der Waals surface area (Å²) in [5.74, 6) is -0.696. The minimum absolute atomic E-state index is 0.0575. The molecule has 1 saturated heterocycles. The topological polar surface area (TPSA) is 62.3 Å². The maximum Gasteiger partial charge on any atom is 0.271 e. The molecule has 3 rings (SSSR count). The fourth-order valence-electron chi connectivity index (χ4n) is 2.68. The normalized spacial score (nSPS) is 21.2. The van der Waals surface area contributed by atoms with Crippen molar-refractivity contribution in [3.05, 3.63) is 52.2 Å². The van der Waals surface area contributed by atoms with E-state index in [1.54, 1.807) is 35.0 Å². The second kappa shape index (κ2) is 5.84. The van der Waals surface area contributed by atoms with E-state index < -0.39 is 0 Å². The lowest BCUT2D eigenvalue weighted by atomic mass is 10.00. The number of rotatable bonds is 3. The van der Waals surface area contributed by atoms with Gasteiger partial charge in [-0.1, -0.05) is 12.1 Å². The maximum absolute atomic E-state index is 13.1. The van der Waals surface area contributed by atoms with Gasteiger partial charge in [-0.3, -0.25) is 9.59 Å². The van der Waals surface area contributed by atoms with E-state index in [1.165, 1.54) is 23.5 Å². The molecule has 2 aromatic rings. The van der Waals surface area contributed by atoms with Gasteiger partial charge in [0.2, 0.25) is 5.91 Å². The number of hydrogen-bond donors (Lipinski definition) is 1. The fourth-order valence-corrected chi connectivity index (χ4v) is 3.21. The van der Waals surface area contributed by atoms with Gasteiger partial charge < -0.3 is 10.2 Å². The van der Waals surface area contributed by atoms with E-state index in [9.17, 15) is 14.0 Å². The minimum Gasteiger partial charge on any atom is -0.345 e. The number of benzene rings is 1. The van der Waals surface area contributed by atoms with E-state index >= 15 is 0 Å². The van der Waals surface area contributed by atoms with Gasteiger partial charge in [-0.05, 0) is 17.7 Å². The zero-order valence-electron chi connectivity index (χ0n) is 11.8. The molecule has 0 saturated carbocycles. The molecule has 2 heterocycles. The van der Waals surface area contributed by atoms with Crippen LogP contribution in [0, 0.1) is 5.82 Å². The van der Waals surface area contributed by atoms with Crippen LogP contribution in [0.4, 0.5) is 4.39 Å². The predicted octanol–water partition coefficient (Wildman–Crippen LogP) is 1.98. The molecule has 2 amide bonds. The summed E-state index contributed by atoms with van der Waals surface area (Å²) >= 11 is 1.33. The van der Waals surface area contributed by atoms with E-state index in [1.807, 2.05) is 0 Å². The van der Waals surface area contributed by atoms with Crippen LogP contribution in [0.25, 0.3) is 0 Å². The number of aromatic nitrogens is 1. The van der Waals surface area contributed by atoms with Crippen molar-refractivity contribution in [2.24, 2.45) is 0 Å². The molecule has 0 aliphatic carbocycles. The molecule has 1 aromatic heterocycles. The first-order chi connectivity index (χ1) is 10.6. The van der Waals surface area contributed by atoms with Gasteiger partial charge in [-0.15, -0.1) is 11.3 Å². The molecule has 1 aliphatic rings. The SMILES string of the molecule is CN1C(=O)C[C@H](NC(=O)c2cscn2)[C@H]1c1ccc(F)cc1. The zero-order valence-corrected chi connectivity index (χ0v) is 12.6. The molecule has 5 nitrogen and oxygen atoms in total. The summed E-state index contributed by atoms with van der Waals surface area (Å²) in [5.41, 5.74) is 2.71. The first-order valence-electron chi connectivity index (χ1n) is 6.76. The van der Waals surface area contributed by atoms with Gasteiger partial charge in [0.25, 0.3) is 5.91 Å². The lowest BCUT2D eigenvalue weighted by molar-refractivity contribution is -0.127. The van der Waals surface area contributed by atoms with Crippen molar-refractivity contribution in [2.75, 3.05) is 7.05 Å². The maximum atomic E-state index is 13.1. The van der Waals surface area contributed by atoms with Gasteiger partial charge in [0.15, 0.2) is 0 Å². The summed E-state index contributed by atoms with van der Waals surface area (Å²) < 4.78 is 13.1. The first-order valence-corrected chi connectivity index (χ1v) is 7.70. The Morgan fingerprint density at radius 1 is 1.41 bits per heavy atom. The van der Waals surface area contributed by atoms with Crippen LogP contribution in [0.5, 0.6) is 0 Å². The van der Waals surface area contributed by atoms with Crippen molar-refractivity contribution in [1.29, 1.82) is 0 Å². The second-order valence-corrected chi connectivity index (χ2v) is 5.88. The number of carbonyl (C=O) groups excluding carboxylic acids is 2. The van der Waals surface area contributed by atoms with Crippen molar-refractivity contribution in [3.63, 3.8) is 0 Å². The number of hydrogen-bond acceptors (Lipinski definition) is 4. The highest BCUT2D eigenvalue weighted by molar-refractivity contribution is 7.07. The summed E-state index contributed by atoms with van der Waals surface area (Å²) in [4.78, 5) is 29.7. The van der Waals surface area contributed by atoms with Crippen molar-refractivity contribution in [2.45, 2.75) is 18.5 Å². The van der Waals surface area contributed by atoms with Crippen molar-refractivity contribution in [3.8, 4) is 0 Å². The van der Waals surface area contributed by atoms with Crippen LogP contribution in [0.2, 0.25) is 0 Å². The molecule has 7 heteroatoms. The second-order valence-electron chi connectivity index (χ2n) is 5.16. The molecule has 0 bridgehead atoms. The highest BCUT2D eigenvalue weighted by Crippen LogP contribution is 2.32. The molecular weight excluding hydrogens is 305 g/mol. The summed E-state index contributed by atoms with van der Waals surface area (Å²) in [5, 5.41) is 4.51. The Bertz CT molecular complexity index is 687. The monoisotopic (exact) mass is 319 g/mol. The number of likely N-dealkylation sites (tertiary alicyclic amines) is 1. The number of nitrogens with zero attached hydrogens (tertiary/aromatic N) is 2. The Hall–Kier alpha value is -2.28. The van der Waals surface area contributed by atoms with E-state index in [-0.39, 0.29) is 36.1 Å². The molecule has 0 spiro atoms. The number of amides is 2. The summed E-state index contributed by atoms with van der Waals surface area (Å²) in [7, 11) is 1.69. The highest BCUT2D eigenvalue weighted by atomic mass is 32.1. The van der Waals surface area contributed by atoms with Crippen LogP contribution < -0.4 is 5.32 Å². The fraction of sp³-hybridized carbons (Fsp3) is 0.267. The van der Waals surface area contributed by atoms with Gasteiger partial charge in [-0.2, -0.15) is 0 Å². The van der Waals surface area contributed by atoms with Crippen LogP contribution in [-0.4, -0.2) is 34.8 Å². The summed E-state index contributed by atoms with van der Waals surface area (Å²) in [6.45, 7) is 0. The van der Waals surface area contributed by atoms with Crippen LogP contribution in [0.15, 0.2) is 35.2 Å². The van der Waals surface area contributed by atoms with E-state index in [0.717, 1.165) is 5.56 Å². The lowest BCUT2D eigenvalue weighted by Gasteiger charge is -2.25. The van der Waals surface area contributed by atoms with E-state index in [4.69, 9.17) is 0 Å². The molecule has 0 radical (unpaired) electrons. The number of carbonyl (C=O) groups is 2. The Kier molecular flexibility index (Phi) is 3.89. The zero-order chi connectivity index (χ0) is 15.7. The molecular formula is C15H14FN3O2S. The first kappa shape index (κ1) is 14.6. The lowest BCUT2D eigenvalue weighted by Crippen LogP contribution is -2.39.